The normalized spacial score (nSPS) is 15.8. The van der Waals surface area contributed by atoms with Gasteiger partial charge in [0.05, 0.1) is 48.7 Å². The van der Waals surface area contributed by atoms with E-state index in [2.05, 4.69) is 4.98 Å². The minimum Gasteiger partial charge on any atom is -0.496 e. The third kappa shape index (κ3) is 6.08. The predicted molar refractivity (Wildman–Crippen MR) is 165 cm³/mol. The zero-order valence-electron chi connectivity index (χ0n) is 24.8. The van der Waals surface area contributed by atoms with E-state index in [0.717, 1.165) is 17.7 Å². The number of imidazole rings is 1. The standard InChI is InChI=1S/C34H30ClF2N3O5/c1-34(2)18-44-17-30(34)40-28-12-19(33(41)42)8-10-27(28)38-31(40)13-21-11-25(37)23(15-24(21)36)26-5-4-6-32(39-26)45-16-20-7-9-22(35)14-29(20)43-3/h4-12,14-15,30H,13,16-18H2,1-3H3,(H,41,42)/t30-/m1/s1. The Morgan fingerprint density at radius 1 is 1.07 bits per heavy atom. The molecule has 0 spiro atoms. The number of rotatable bonds is 9. The minimum atomic E-state index is -1.07. The van der Waals surface area contributed by atoms with E-state index in [1.165, 1.54) is 13.2 Å². The van der Waals surface area contributed by atoms with Crippen LogP contribution in [0, 0.1) is 17.0 Å². The number of halogens is 3. The van der Waals surface area contributed by atoms with Gasteiger partial charge in [-0.05, 0) is 54.1 Å². The number of aromatic nitrogens is 3. The summed E-state index contributed by atoms with van der Waals surface area (Å²) in [7, 11) is 1.53. The Kier molecular flexibility index (Phi) is 8.20. The lowest BCUT2D eigenvalue weighted by molar-refractivity contribution is 0.0697. The van der Waals surface area contributed by atoms with E-state index in [-0.39, 0.29) is 52.7 Å². The molecule has 1 atom stereocenters. The van der Waals surface area contributed by atoms with Crippen LogP contribution < -0.4 is 9.47 Å². The summed E-state index contributed by atoms with van der Waals surface area (Å²) in [6, 6.07) is 16.8. The van der Waals surface area contributed by atoms with Crippen LogP contribution in [-0.4, -0.2) is 45.9 Å². The van der Waals surface area contributed by atoms with Crippen molar-refractivity contribution in [2.75, 3.05) is 20.3 Å². The number of carbonyl (C=O) groups is 1. The lowest BCUT2D eigenvalue weighted by Crippen LogP contribution is -2.27. The second kappa shape index (κ2) is 12.1. The number of carboxylic acids is 1. The monoisotopic (exact) mass is 633 g/mol. The molecule has 45 heavy (non-hydrogen) atoms. The summed E-state index contributed by atoms with van der Waals surface area (Å²) in [5, 5.41) is 10.1. The first-order valence-corrected chi connectivity index (χ1v) is 14.6. The van der Waals surface area contributed by atoms with Gasteiger partial charge in [-0.15, -0.1) is 0 Å². The van der Waals surface area contributed by atoms with Crippen LogP contribution in [0.1, 0.15) is 47.2 Å². The Balaban J connectivity index is 1.31. The number of fused-ring (bicyclic) bond motifs is 1. The number of methoxy groups -OCH3 is 1. The number of hydrogen-bond donors (Lipinski definition) is 1. The van der Waals surface area contributed by atoms with Crippen molar-refractivity contribution in [3.8, 4) is 22.9 Å². The molecule has 0 bridgehead atoms. The van der Waals surface area contributed by atoms with Crippen molar-refractivity contribution in [2.45, 2.75) is 32.9 Å². The third-order valence-electron chi connectivity index (χ3n) is 8.08. The number of aromatic carboxylic acids is 1. The molecule has 11 heteroatoms. The van der Waals surface area contributed by atoms with Gasteiger partial charge in [0, 0.05) is 34.1 Å². The molecule has 1 N–H and O–H groups in total. The van der Waals surface area contributed by atoms with Gasteiger partial charge in [-0.2, -0.15) is 0 Å². The van der Waals surface area contributed by atoms with Crippen molar-refractivity contribution < 1.29 is 32.9 Å². The third-order valence-corrected chi connectivity index (χ3v) is 8.32. The molecule has 0 saturated carbocycles. The fraction of sp³-hybridized carbons (Fsp3) is 0.265. The van der Waals surface area contributed by atoms with E-state index in [1.54, 1.807) is 48.5 Å². The van der Waals surface area contributed by atoms with Crippen LogP contribution >= 0.6 is 11.6 Å². The van der Waals surface area contributed by atoms with Crippen molar-refractivity contribution >= 4 is 28.6 Å². The Morgan fingerprint density at radius 2 is 1.89 bits per heavy atom. The fourth-order valence-electron chi connectivity index (χ4n) is 5.65. The Bertz CT molecular complexity index is 1930. The maximum Gasteiger partial charge on any atom is 0.335 e. The van der Waals surface area contributed by atoms with Gasteiger partial charge in [-0.1, -0.05) is 37.6 Å². The molecule has 2 aromatic heterocycles. The summed E-state index contributed by atoms with van der Waals surface area (Å²) in [5.74, 6) is -1.09. The van der Waals surface area contributed by atoms with Crippen LogP contribution in [0.25, 0.3) is 22.3 Å². The molecule has 1 fully saturated rings. The van der Waals surface area contributed by atoms with Crippen LogP contribution in [0.3, 0.4) is 0 Å². The van der Waals surface area contributed by atoms with Crippen molar-refractivity contribution in [3.05, 3.63) is 106 Å². The molecule has 8 nitrogen and oxygen atoms in total. The maximum atomic E-state index is 15.7. The average molecular weight is 634 g/mol. The van der Waals surface area contributed by atoms with Crippen molar-refractivity contribution in [1.82, 2.24) is 14.5 Å². The molecule has 0 aliphatic carbocycles. The smallest absolute Gasteiger partial charge is 0.335 e. The highest BCUT2D eigenvalue weighted by Crippen LogP contribution is 2.40. The number of nitrogens with zero attached hydrogens (tertiary/aromatic N) is 3. The second-order valence-electron chi connectivity index (χ2n) is 11.6. The quantitative estimate of drug-likeness (QED) is 0.180. The predicted octanol–water partition coefficient (Wildman–Crippen LogP) is 7.50. The lowest BCUT2D eigenvalue weighted by atomic mass is 9.87. The van der Waals surface area contributed by atoms with E-state index in [9.17, 15) is 9.90 Å². The van der Waals surface area contributed by atoms with Gasteiger partial charge in [0.1, 0.15) is 29.8 Å². The Morgan fingerprint density at radius 3 is 2.62 bits per heavy atom. The van der Waals surface area contributed by atoms with Crippen LogP contribution in [0.15, 0.2) is 66.7 Å². The van der Waals surface area contributed by atoms with Crippen LogP contribution in [0.2, 0.25) is 5.02 Å². The summed E-state index contributed by atoms with van der Waals surface area (Å²) >= 11 is 6.04. The van der Waals surface area contributed by atoms with Gasteiger partial charge < -0.3 is 23.9 Å². The molecule has 0 unspecified atom stereocenters. The number of hydrogen-bond acceptors (Lipinski definition) is 6. The molecule has 0 amide bonds. The molecule has 3 aromatic carbocycles. The highest BCUT2D eigenvalue weighted by atomic mass is 35.5. The summed E-state index contributed by atoms with van der Waals surface area (Å²) < 4.78 is 50.2. The first-order chi connectivity index (χ1) is 21.5. The van der Waals surface area contributed by atoms with E-state index < -0.39 is 17.6 Å². The number of benzene rings is 3. The first-order valence-electron chi connectivity index (χ1n) is 14.3. The highest BCUT2D eigenvalue weighted by Gasteiger charge is 2.39. The molecular weight excluding hydrogens is 604 g/mol. The summed E-state index contributed by atoms with van der Waals surface area (Å²) in [4.78, 5) is 20.9. The average Bonchev–Trinajstić information content (AvgIpc) is 3.55. The van der Waals surface area contributed by atoms with E-state index in [4.69, 9.17) is 30.8 Å². The summed E-state index contributed by atoms with van der Waals surface area (Å²) in [6.45, 7) is 5.11. The number of carboxylic acid groups (broad SMARTS) is 1. The fourth-order valence-corrected chi connectivity index (χ4v) is 5.81. The van der Waals surface area contributed by atoms with Gasteiger partial charge in [0.25, 0.3) is 0 Å². The maximum absolute atomic E-state index is 15.7. The van der Waals surface area contributed by atoms with Crippen LogP contribution in [0.5, 0.6) is 11.6 Å². The van der Waals surface area contributed by atoms with Gasteiger partial charge in [0.2, 0.25) is 5.88 Å². The van der Waals surface area contributed by atoms with E-state index in [1.807, 2.05) is 18.4 Å². The number of pyridine rings is 1. The molecule has 6 rings (SSSR count). The van der Waals surface area contributed by atoms with Gasteiger partial charge in [-0.3, -0.25) is 0 Å². The van der Waals surface area contributed by atoms with E-state index in [0.29, 0.717) is 40.8 Å². The van der Waals surface area contributed by atoms with Gasteiger partial charge in [-0.25, -0.2) is 23.5 Å². The molecule has 1 aliphatic heterocycles. The van der Waals surface area contributed by atoms with Crippen LogP contribution in [0.4, 0.5) is 8.78 Å². The molecular formula is C34H30ClF2N3O5. The Labute approximate surface area is 263 Å². The van der Waals surface area contributed by atoms with E-state index >= 15 is 8.78 Å². The molecule has 3 heterocycles. The zero-order valence-corrected chi connectivity index (χ0v) is 25.6. The van der Waals surface area contributed by atoms with Crippen molar-refractivity contribution in [2.24, 2.45) is 5.41 Å². The molecule has 1 saturated heterocycles. The van der Waals surface area contributed by atoms with Crippen molar-refractivity contribution in [1.29, 1.82) is 0 Å². The lowest BCUT2D eigenvalue weighted by Gasteiger charge is -2.28. The highest BCUT2D eigenvalue weighted by molar-refractivity contribution is 6.30. The van der Waals surface area contributed by atoms with Gasteiger partial charge in [0.15, 0.2) is 0 Å². The molecule has 5 aromatic rings. The topological polar surface area (TPSA) is 95.7 Å². The molecule has 1 aliphatic rings. The summed E-state index contributed by atoms with van der Waals surface area (Å²) in [5.41, 5.74) is 2.01. The molecule has 232 valence electrons. The SMILES string of the molecule is COc1cc(Cl)ccc1COc1cccc(-c2cc(F)c(Cc3nc4ccc(C(=O)O)cc4n3[C@@H]3COCC3(C)C)cc2F)n1. The Hall–Kier alpha value is -4.54. The summed E-state index contributed by atoms with van der Waals surface area (Å²) in [6.07, 6.45) is -0.0216. The largest absolute Gasteiger partial charge is 0.496 e. The van der Waals surface area contributed by atoms with Crippen molar-refractivity contribution in [3.63, 3.8) is 0 Å². The first kappa shape index (κ1) is 30.5. The minimum absolute atomic E-state index is 0.0179. The molecule has 0 radical (unpaired) electrons. The van der Waals surface area contributed by atoms with Gasteiger partial charge >= 0.3 is 5.97 Å². The zero-order chi connectivity index (χ0) is 31.9. The van der Waals surface area contributed by atoms with Crippen LogP contribution in [-0.2, 0) is 17.8 Å². The number of ether oxygens (including phenoxy) is 3. The second-order valence-corrected chi connectivity index (χ2v) is 12.1.